The van der Waals surface area contributed by atoms with E-state index >= 15 is 0 Å². The number of rotatable bonds is 18. The summed E-state index contributed by atoms with van der Waals surface area (Å²) >= 11 is 0. The third kappa shape index (κ3) is 15.7. The van der Waals surface area contributed by atoms with E-state index < -0.39 is 17.7 Å². The van der Waals surface area contributed by atoms with E-state index in [2.05, 4.69) is 6.92 Å². The molecule has 0 spiro atoms. The summed E-state index contributed by atoms with van der Waals surface area (Å²) in [5.41, 5.74) is 4.41. The van der Waals surface area contributed by atoms with Gasteiger partial charge in [0.15, 0.2) is 0 Å². The summed E-state index contributed by atoms with van der Waals surface area (Å²) in [7, 11) is 0. The fourth-order valence-corrected chi connectivity index (χ4v) is 2.77. The van der Waals surface area contributed by atoms with Crippen molar-refractivity contribution in [3.63, 3.8) is 0 Å². The Bertz CT molecular complexity index is 412. The number of ether oxygens (including phenoxy) is 3. The minimum atomic E-state index is -0.610. The molecule has 0 radical (unpaired) electrons. The lowest BCUT2D eigenvalue weighted by Crippen LogP contribution is -2.25. The van der Waals surface area contributed by atoms with Gasteiger partial charge in [0, 0.05) is 19.8 Å². The molecule has 0 saturated carbocycles. The Kier molecular flexibility index (Phi) is 16.0. The molecule has 0 aromatic carbocycles. The molecule has 0 heterocycles. The number of nitrogens with one attached hydrogen (secondary N) is 3. The van der Waals surface area contributed by atoms with Crippen molar-refractivity contribution in [1.82, 2.24) is 16.4 Å². The van der Waals surface area contributed by atoms with Crippen LogP contribution in [-0.2, 0) is 28.6 Å². The van der Waals surface area contributed by atoms with Crippen LogP contribution in [0.25, 0.3) is 0 Å². The standard InChI is InChI=1S/C17H33N3O9/c1-17(5-2-8-27-11-14(21)18-24,6-3-9-28-12-15(22)19-25)7-4-10-29-13-16(23)20-26/h24-26H,2-13H2,1H3,(H,18,21)(H,19,22)(H,20,23). The molecule has 12 heteroatoms. The Morgan fingerprint density at radius 1 is 0.655 bits per heavy atom. The van der Waals surface area contributed by atoms with Crippen molar-refractivity contribution in [3.05, 3.63) is 0 Å². The maximum atomic E-state index is 10.9. The first-order valence-electron chi connectivity index (χ1n) is 9.39. The predicted molar refractivity (Wildman–Crippen MR) is 98.1 cm³/mol. The van der Waals surface area contributed by atoms with Gasteiger partial charge < -0.3 is 14.2 Å². The highest BCUT2D eigenvalue weighted by atomic mass is 16.5. The second kappa shape index (κ2) is 17.1. The van der Waals surface area contributed by atoms with Gasteiger partial charge in [-0.3, -0.25) is 30.0 Å². The van der Waals surface area contributed by atoms with E-state index in [0.29, 0.717) is 39.1 Å². The fourth-order valence-electron chi connectivity index (χ4n) is 2.77. The molecule has 0 atom stereocenters. The monoisotopic (exact) mass is 423 g/mol. The largest absolute Gasteiger partial charge is 0.372 e. The maximum absolute atomic E-state index is 10.9. The minimum Gasteiger partial charge on any atom is -0.372 e. The van der Waals surface area contributed by atoms with Gasteiger partial charge in [-0.1, -0.05) is 6.92 Å². The molecule has 0 fully saturated rings. The zero-order chi connectivity index (χ0) is 22.0. The zero-order valence-corrected chi connectivity index (χ0v) is 16.8. The van der Waals surface area contributed by atoms with Crippen LogP contribution < -0.4 is 16.4 Å². The summed E-state index contributed by atoms with van der Waals surface area (Å²) in [6, 6.07) is 0. The van der Waals surface area contributed by atoms with Gasteiger partial charge in [0.25, 0.3) is 17.7 Å². The first kappa shape index (κ1) is 27.2. The molecule has 0 aromatic rings. The summed E-state index contributed by atoms with van der Waals surface area (Å²) in [5, 5.41) is 25.3. The number of carbonyl (C=O) groups excluding carboxylic acids is 3. The van der Waals surface area contributed by atoms with E-state index in [1.165, 1.54) is 16.4 Å². The van der Waals surface area contributed by atoms with Gasteiger partial charge >= 0.3 is 0 Å². The number of hydrogen-bond donors (Lipinski definition) is 6. The molecule has 12 nitrogen and oxygen atoms in total. The topological polar surface area (TPSA) is 176 Å². The van der Waals surface area contributed by atoms with Crippen molar-refractivity contribution in [2.75, 3.05) is 39.6 Å². The Hall–Kier alpha value is -1.83. The first-order chi connectivity index (χ1) is 13.9. The average Bonchev–Trinajstić information content (AvgIpc) is 2.72. The van der Waals surface area contributed by atoms with E-state index in [9.17, 15) is 14.4 Å². The van der Waals surface area contributed by atoms with E-state index in [1.54, 1.807) is 0 Å². The van der Waals surface area contributed by atoms with Crippen LogP contribution in [0.3, 0.4) is 0 Å². The maximum Gasteiger partial charge on any atom is 0.269 e. The van der Waals surface area contributed by atoms with Crippen LogP contribution in [0, 0.1) is 5.41 Å². The first-order valence-corrected chi connectivity index (χ1v) is 9.39. The Morgan fingerprint density at radius 2 is 0.931 bits per heavy atom. The van der Waals surface area contributed by atoms with Gasteiger partial charge in [-0.2, -0.15) is 0 Å². The number of carbonyl (C=O) groups is 3. The number of hydrogen-bond acceptors (Lipinski definition) is 9. The molecular formula is C17H33N3O9. The van der Waals surface area contributed by atoms with E-state index in [4.69, 9.17) is 29.8 Å². The summed E-state index contributed by atoms with van der Waals surface area (Å²) in [4.78, 5) is 32.7. The molecule has 0 aromatic heterocycles. The van der Waals surface area contributed by atoms with E-state index in [0.717, 1.165) is 19.3 Å². The quantitative estimate of drug-likeness (QED) is 0.0998. The van der Waals surface area contributed by atoms with E-state index in [1.807, 2.05) is 0 Å². The van der Waals surface area contributed by atoms with Crippen LogP contribution in [0.5, 0.6) is 0 Å². The lowest BCUT2D eigenvalue weighted by Gasteiger charge is -2.30. The molecule has 29 heavy (non-hydrogen) atoms. The molecule has 0 rings (SSSR count). The molecule has 0 unspecified atom stereocenters. The second-order valence-electron chi connectivity index (χ2n) is 6.88. The normalized spacial score (nSPS) is 11.2. The minimum absolute atomic E-state index is 0.0756. The van der Waals surface area contributed by atoms with Crippen molar-refractivity contribution in [3.8, 4) is 0 Å². The molecule has 0 aliphatic rings. The summed E-state index contributed by atoms with van der Waals surface area (Å²) in [5.74, 6) is -1.83. The van der Waals surface area contributed by atoms with Gasteiger partial charge in [-0.25, -0.2) is 16.4 Å². The third-order valence-corrected chi connectivity index (χ3v) is 4.28. The smallest absolute Gasteiger partial charge is 0.269 e. The molecule has 0 saturated heterocycles. The highest BCUT2D eigenvalue weighted by Crippen LogP contribution is 2.34. The predicted octanol–water partition coefficient (Wildman–Crippen LogP) is -0.101. The van der Waals surface area contributed by atoms with Crippen molar-refractivity contribution < 1.29 is 44.2 Å². The Labute approximate surface area is 169 Å². The second-order valence-corrected chi connectivity index (χ2v) is 6.88. The van der Waals surface area contributed by atoms with Crippen LogP contribution in [0.4, 0.5) is 0 Å². The van der Waals surface area contributed by atoms with Crippen LogP contribution >= 0.6 is 0 Å². The third-order valence-electron chi connectivity index (χ3n) is 4.28. The van der Waals surface area contributed by atoms with Crippen LogP contribution in [0.2, 0.25) is 0 Å². The molecular weight excluding hydrogens is 390 g/mol. The van der Waals surface area contributed by atoms with Crippen LogP contribution in [0.15, 0.2) is 0 Å². The summed E-state index contributed by atoms with van der Waals surface area (Å²) < 4.78 is 15.6. The van der Waals surface area contributed by atoms with Gasteiger partial charge in [0.05, 0.1) is 0 Å². The molecule has 0 bridgehead atoms. The lowest BCUT2D eigenvalue weighted by atomic mass is 9.77. The highest BCUT2D eigenvalue weighted by molar-refractivity contribution is 5.76. The Morgan fingerprint density at radius 3 is 1.17 bits per heavy atom. The van der Waals surface area contributed by atoms with Gasteiger partial charge in [0.2, 0.25) is 0 Å². The number of hydroxylamine groups is 3. The number of amides is 3. The van der Waals surface area contributed by atoms with Gasteiger partial charge in [0.1, 0.15) is 19.8 Å². The fraction of sp³-hybridized carbons (Fsp3) is 0.824. The van der Waals surface area contributed by atoms with Crippen molar-refractivity contribution in [1.29, 1.82) is 0 Å². The SMILES string of the molecule is CC(CCCOCC(=O)NO)(CCCOCC(=O)NO)CCCOCC(=O)NO. The van der Waals surface area contributed by atoms with Crippen LogP contribution in [-0.4, -0.2) is 73.0 Å². The molecule has 0 aliphatic heterocycles. The van der Waals surface area contributed by atoms with Crippen molar-refractivity contribution in [2.45, 2.75) is 45.4 Å². The lowest BCUT2D eigenvalue weighted by molar-refractivity contribution is -0.134. The highest BCUT2D eigenvalue weighted by Gasteiger charge is 2.23. The Balaban J connectivity index is 4.27. The van der Waals surface area contributed by atoms with Gasteiger partial charge in [-0.15, -0.1) is 0 Å². The van der Waals surface area contributed by atoms with E-state index in [-0.39, 0.29) is 25.2 Å². The van der Waals surface area contributed by atoms with Gasteiger partial charge in [-0.05, 0) is 43.9 Å². The van der Waals surface area contributed by atoms with Crippen molar-refractivity contribution >= 4 is 17.7 Å². The summed E-state index contributed by atoms with van der Waals surface area (Å²) in [6.07, 6.45) is 4.54. The zero-order valence-electron chi connectivity index (χ0n) is 16.8. The molecule has 6 N–H and O–H groups in total. The summed E-state index contributed by atoms with van der Waals surface area (Å²) in [6.45, 7) is 2.56. The average molecular weight is 423 g/mol. The van der Waals surface area contributed by atoms with Crippen LogP contribution in [0.1, 0.15) is 45.4 Å². The molecule has 3 amide bonds. The molecule has 0 aliphatic carbocycles. The van der Waals surface area contributed by atoms with Crippen molar-refractivity contribution in [2.24, 2.45) is 5.41 Å². The molecule has 170 valence electrons.